The summed E-state index contributed by atoms with van der Waals surface area (Å²) >= 11 is 0. The Kier molecular flexibility index (Phi) is 5.03. The molecule has 1 aromatic rings. The van der Waals surface area contributed by atoms with Crippen LogP contribution in [0.15, 0.2) is 18.2 Å². The third kappa shape index (κ3) is 3.36. The summed E-state index contributed by atoms with van der Waals surface area (Å²) < 4.78 is 6.00. The number of allylic oxidation sites excluding steroid dienone is 2. The van der Waals surface area contributed by atoms with Gasteiger partial charge in [-0.1, -0.05) is 40.7 Å². The van der Waals surface area contributed by atoms with Crippen LogP contribution >= 0.6 is 0 Å². The molecule has 1 aromatic carbocycles. The van der Waals surface area contributed by atoms with Crippen molar-refractivity contribution in [1.82, 2.24) is 0 Å². The molecular formula is C21H30O2. The van der Waals surface area contributed by atoms with Gasteiger partial charge < -0.3 is 4.74 Å². The van der Waals surface area contributed by atoms with Gasteiger partial charge in [0.05, 0.1) is 6.61 Å². The van der Waals surface area contributed by atoms with Gasteiger partial charge in [-0.05, 0) is 60.3 Å². The number of carbonyl (C=O) groups is 1. The molecule has 0 spiro atoms. The van der Waals surface area contributed by atoms with E-state index in [4.69, 9.17) is 4.74 Å². The Morgan fingerprint density at radius 2 is 1.70 bits per heavy atom. The van der Waals surface area contributed by atoms with Gasteiger partial charge in [0.25, 0.3) is 0 Å². The van der Waals surface area contributed by atoms with Gasteiger partial charge in [-0.2, -0.15) is 0 Å². The first-order valence-electron chi connectivity index (χ1n) is 8.70. The average molecular weight is 314 g/mol. The minimum atomic E-state index is 0.130. The molecule has 0 amide bonds. The molecule has 2 heteroatoms. The second kappa shape index (κ2) is 6.51. The van der Waals surface area contributed by atoms with Crippen LogP contribution in [0.2, 0.25) is 0 Å². The lowest BCUT2D eigenvalue weighted by Gasteiger charge is -2.42. The van der Waals surface area contributed by atoms with Gasteiger partial charge in [-0.25, -0.2) is 0 Å². The molecule has 0 N–H and O–H groups in total. The lowest BCUT2D eigenvalue weighted by Crippen LogP contribution is -2.34. The number of rotatable bonds is 5. The van der Waals surface area contributed by atoms with Gasteiger partial charge >= 0.3 is 0 Å². The zero-order valence-electron chi connectivity index (χ0n) is 15.5. The molecule has 1 aliphatic rings. The maximum Gasteiger partial charge on any atom is 0.150 e. The number of hydrogen-bond acceptors (Lipinski definition) is 2. The third-order valence-electron chi connectivity index (χ3n) is 5.16. The summed E-state index contributed by atoms with van der Waals surface area (Å²) in [4.78, 5) is 11.5. The minimum absolute atomic E-state index is 0.130. The molecule has 0 aromatic heterocycles. The van der Waals surface area contributed by atoms with Gasteiger partial charge in [0.15, 0.2) is 0 Å². The number of ether oxygens (including phenoxy) is 1. The van der Waals surface area contributed by atoms with Crippen LogP contribution in [0.5, 0.6) is 5.75 Å². The van der Waals surface area contributed by atoms with Crippen molar-refractivity contribution in [1.29, 1.82) is 0 Å². The number of benzene rings is 1. The van der Waals surface area contributed by atoms with Crippen molar-refractivity contribution in [3.05, 3.63) is 34.9 Å². The third-order valence-corrected chi connectivity index (χ3v) is 5.16. The van der Waals surface area contributed by atoms with Crippen molar-refractivity contribution >= 4 is 11.9 Å². The van der Waals surface area contributed by atoms with E-state index in [1.165, 1.54) is 17.5 Å². The molecule has 0 fully saturated rings. The molecule has 0 atom stereocenters. The standard InChI is InChI=1S/C21H30O2/c1-7-11-23-19-13-18-17(12-16(19)15(8-2)14-22)20(3,4)9-10-21(18,5)6/h8,12-14H,7,9-11H2,1-6H3. The lowest BCUT2D eigenvalue weighted by molar-refractivity contribution is -0.103. The first-order valence-corrected chi connectivity index (χ1v) is 8.70. The van der Waals surface area contributed by atoms with Gasteiger partial charge in [-0.15, -0.1) is 0 Å². The fraction of sp³-hybridized carbons (Fsp3) is 0.571. The number of hydrogen-bond donors (Lipinski definition) is 0. The van der Waals surface area contributed by atoms with Crippen LogP contribution in [-0.2, 0) is 15.6 Å². The Hall–Kier alpha value is -1.57. The van der Waals surface area contributed by atoms with Gasteiger partial charge in [0.2, 0.25) is 0 Å². The monoisotopic (exact) mass is 314 g/mol. The summed E-state index contributed by atoms with van der Waals surface area (Å²) in [6.07, 6.45) is 6.09. The minimum Gasteiger partial charge on any atom is -0.493 e. The highest BCUT2D eigenvalue weighted by atomic mass is 16.5. The van der Waals surface area contributed by atoms with Crippen LogP contribution < -0.4 is 4.74 Å². The highest BCUT2D eigenvalue weighted by Crippen LogP contribution is 2.48. The Morgan fingerprint density at radius 1 is 1.13 bits per heavy atom. The van der Waals surface area contributed by atoms with E-state index < -0.39 is 0 Å². The molecule has 1 aliphatic carbocycles. The van der Waals surface area contributed by atoms with E-state index in [9.17, 15) is 4.79 Å². The normalized spacial score (nSPS) is 19.1. The molecule has 0 radical (unpaired) electrons. The maximum absolute atomic E-state index is 11.5. The smallest absolute Gasteiger partial charge is 0.150 e. The predicted octanol–water partition coefficient (Wildman–Crippen LogP) is 5.43. The number of aldehydes is 1. The molecule has 0 saturated heterocycles. The largest absolute Gasteiger partial charge is 0.493 e. The van der Waals surface area contributed by atoms with Gasteiger partial charge in [0, 0.05) is 11.1 Å². The summed E-state index contributed by atoms with van der Waals surface area (Å²) in [7, 11) is 0. The van der Waals surface area contributed by atoms with Crippen molar-refractivity contribution < 1.29 is 9.53 Å². The SMILES string of the molecule is CC=C(C=O)c1cc2c(cc1OCCC)C(C)(C)CCC2(C)C. The van der Waals surface area contributed by atoms with Crippen molar-refractivity contribution in [3.63, 3.8) is 0 Å². The molecule has 0 bridgehead atoms. The molecule has 2 nitrogen and oxygen atoms in total. The fourth-order valence-electron chi connectivity index (χ4n) is 3.44. The van der Waals surface area contributed by atoms with E-state index in [1.54, 1.807) is 0 Å². The quantitative estimate of drug-likeness (QED) is 0.535. The number of fused-ring (bicyclic) bond motifs is 1. The molecule has 0 unspecified atom stereocenters. The van der Waals surface area contributed by atoms with Crippen LogP contribution in [0.4, 0.5) is 0 Å². The predicted molar refractivity (Wildman–Crippen MR) is 97.2 cm³/mol. The zero-order valence-corrected chi connectivity index (χ0v) is 15.5. The Labute approximate surface area is 140 Å². The van der Waals surface area contributed by atoms with Crippen molar-refractivity contribution in [2.24, 2.45) is 0 Å². The molecule has 0 aliphatic heterocycles. The summed E-state index contributed by atoms with van der Waals surface area (Å²) in [6.45, 7) is 13.9. The molecule has 126 valence electrons. The van der Waals surface area contributed by atoms with Crippen molar-refractivity contribution in [3.8, 4) is 5.75 Å². The summed E-state index contributed by atoms with van der Waals surface area (Å²) in [5.41, 5.74) is 4.63. The van der Waals surface area contributed by atoms with Crippen molar-refractivity contribution in [2.75, 3.05) is 6.61 Å². The summed E-state index contributed by atoms with van der Waals surface area (Å²) in [5.74, 6) is 0.844. The van der Waals surface area contributed by atoms with Crippen LogP contribution in [0.1, 0.15) is 77.5 Å². The second-order valence-corrected chi connectivity index (χ2v) is 7.87. The van der Waals surface area contributed by atoms with Crippen LogP contribution in [0.3, 0.4) is 0 Å². The second-order valence-electron chi connectivity index (χ2n) is 7.87. The Balaban J connectivity index is 2.70. The highest BCUT2D eigenvalue weighted by Gasteiger charge is 2.38. The molecule has 23 heavy (non-hydrogen) atoms. The highest BCUT2D eigenvalue weighted by molar-refractivity contribution is 6.08. The molecule has 2 rings (SSSR count). The summed E-state index contributed by atoms with van der Waals surface area (Å²) in [5, 5.41) is 0. The van der Waals surface area contributed by atoms with Crippen LogP contribution in [0, 0.1) is 0 Å². The van der Waals surface area contributed by atoms with E-state index in [0.717, 1.165) is 30.4 Å². The summed E-state index contributed by atoms with van der Waals surface area (Å²) in [6, 6.07) is 4.39. The van der Waals surface area contributed by atoms with E-state index in [2.05, 4.69) is 46.8 Å². The van der Waals surface area contributed by atoms with E-state index in [1.807, 2.05) is 13.0 Å². The topological polar surface area (TPSA) is 26.3 Å². The first-order chi connectivity index (χ1) is 10.8. The molecular weight excluding hydrogens is 284 g/mol. The molecule has 0 heterocycles. The van der Waals surface area contributed by atoms with E-state index in [0.29, 0.717) is 12.2 Å². The zero-order chi connectivity index (χ0) is 17.3. The van der Waals surface area contributed by atoms with E-state index in [-0.39, 0.29) is 10.8 Å². The van der Waals surface area contributed by atoms with Crippen LogP contribution in [-0.4, -0.2) is 12.9 Å². The Morgan fingerprint density at radius 3 is 2.17 bits per heavy atom. The average Bonchev–Trinajstić information content (AvgIpc) is 2.51. The number of carbonyl (C=O) groups excluding carboxylic acids is 1. The van der Waals surface area contributed by atoms with Crippen molar-refractivity contribution in [2.45, 2.75) is 71.6 Å². The molecule has 0 saturated carbocycles. The van der Waals surface area contributed by atoms with E-state index >= 15 is 0 Å². The van der Waals surface area contributed by atoms with Crippen LogP contribution in [0.25, 0.3) is 5.57 Å². The van der Waals surface area contributed by atoms with Gasteiger partial charge in [0.1, 0.15) is 12.0 Å². The first kappa shape index (κ1) is 17.8. The maximum atomic E-state index is 11.5. The fourth-order valence-corrected chi connectivity index (χ4v) is 3.44. The Bertz CT molecular complexity index is 621. The lowest BCUT2D eigenvalue weighted by atomic mass is 9.62. The van der Waals surface area contributed by atoms with Gasteiger partial charge in [-0.3, -0.25) is 4.79 Å².